The summed E-state index contributed by atoms with van der Waals surface area (Å²) in [5, 5.41) is 16.2. The van der Waals surface area contributed by atoms with Crippen molar-refractivity contribution >= 4 is 12.0 Å². The molecule has 5 aliphatic rings. The molecule has 1 saturated heterocycles. The van der Waals surface area contributed by atoms with Gasteiger partial charge in [0.05, 0.1) is 11.9 Å². The topological polar surface area (TPSA) is 112 Å². The number of hydrogen-bond donors (Lipinski definition) is 2. The lowest BCUT2D eigenvalue weighted by Gasteiger charge is -2.64. The first kappa shape index (κ1) is 29.7. The lowest BCUT2D eigenvalue weighted by Crippen LogP contribution is -2.62. The number of aliphatic hydroxyl groups is 1. The Morgan fingerprint density at radius 2 is 1.90 bits per heavy atom. The van der Waals surface area contributed by atoms with Gasteiger partial charge in [-0.3, -0.25) is 4.79 Å². The maximum absolute atomic E-state index is 13.4. The fourth-order valence-corrected chi connectivity index (χ4v) is 10.4. The minimum atomic E-state index is -0.991. The van der Waals surface area contributed by atoms with Crippen molar-refractivity contribution in [3.05, 3.63) is 34.4 Å². The quantitative estimate of drug-likeness (QED) is 0.515. The predicted molar refractivity (Wildman–Crippen MR) is 158 cm³/mol. The molecule has 2 N–H and O–H groups in total. The molecule has 0 spiro atoms. The molecule has 1 aliphatic heterocycles. The van der Waals surface area contributed by atoms with Crippen LogP contribution in [0.3, 0.4) is 0 Å². The lowest BCUT2D eigenvalue weighted by atomic mass is 9.43. The molecule has 5 fully saturated rings. The van der Waals surface area contributed by atoms with Crippen LogP contribution in [0, 0.1) is 28.6 Å². The van der Waals surface area contributed by atoms with Gasteiger partial charge in [0.2, 0.25) is 0 Å². The zero-order valence-corrected chi connectivity index (χ0v) is 25.8. The number of esters is 1. The van der Waals surface area contributed by atoms with Crippen molar-refractivity contribution in [2.75, 3.05) is 33.2 Å². The molecule has 4 saturated carbocycles. The van der Waals surface area contributed by atoms with Gasteiger partial charge in [-0.25, -0.2) is 9.59 Å². The van der Waals surface area contributed by atoms with Gasteiger partial charge in [0.1, 0.15) is 6.10 Å². The molecule has 1 aromatic rings. The van der Waals surface area contributed by atoms with E-state index in [4.69, 9.17) is 9.15 Å². The van der Waals surface area contributed by atoms with E-state index in [1.54, 1.807) is 6.07 Å². The third-order valence-electron chi connectivity index (χ3n) is 12.7. The number of ether oxygens (including phenoxy) is 1. The van der Waals surface area contributed by atoms with Gasteiger partial charge in [-0.2, -0.15) is 0 Å². The van der Waals surface area contributed by atoms with Gasteiger partial charge in [0.25, 0.3) is 0 Å². The average Bonchev–Trinajstić information content (AvgIpc) is 3.11. The van der Waals surface area contributed by atoms with E-state index in [9.17, 15) is 19.5 Å². The molecule has 42 heavy (non-hydrogen) atoms. The Labute approximate surface area is 249 Å². The zero-order valence-electron chi connectivity index (χ0n) is 25.8. The van der Waals surface area contributed by atoms with Gasteiger partial charge in [-0.15, -0.1) is 0 Å². The van der Waals surface area contributed by atoms with E-state index >= 15 is 0 Å². The van der Waals surface area contributed by atoms with Crippen LogP contribution in [0.15, 0.2) is 27.6 Å². The summed E-state index contributed by atoms with van der Waals surface area (Å²) in [5.41, 5.74) is -1.01. The summed E-state index contributed by atoms with van der Waals surface area (Å²) in [6.07, 6.45) is 9.27. The molecule has 1 aromatic heterocycles. The highest BCUT2D eigenvalue weighted by Crippen LogP contribution is 2.71. The van der Waals surface area contributed by atoms with Crippen LogP contribution in [0.4, 0.5) is 4.79 Å². The van der Waals surface area contributed by atoms with Crippen molar-refractivity contribution in [2.24, 2.45) is 28.6 Å². The number of nitrogens with zero attached hydrogens (tertiary/aromatic N) is 2. The van der Waals surface area contributed by atoms with E-state index < -0.39 is 22.7 Å². The summed E-state index contributed by atoms with van der Waals surface area (Å²) in [5.74, 6) is 0.396. The maximum atomic E-state index is 13.4. The summed E-state index contributed by atoms with van der Waals surface area (Å²) in [6.45, 7) is 9.43. The molecule has 0 aromatic carbocycles. The smallest absolute Gasteiger partial charge is 0.335 e. The second-order valence-corrected chi connectivity index (χ2v) is 14.5. The SMILES string of the molecule is CC(=O)OC1CC2(O)C3CCC4CC(N(C)C(=O)N5CCCNCC5)CCC4(C)C3CCC2(C)C1c1ccc(=O)oc1. The Kier molecular flexibility index (Phi) is 7.74. The normalized spacial score (nSPS) is 41.6. The number of amides is 2. The maximum Gasteiger partial charge on any atom is 0.335 e. The first-order valence-corrected chi connectivity index (χ1v) is 16.2. The molecule has 0 radical (unpaired) electrons. The number of rotatable bonds is 3. The summed E-state index contributed by atoms with van der Waals surface area (Å²) >= 11 is 0. The molecule has 9 nitrogen and oxygen atoms in total. The first-order valence-electron chi connectivity index (χ1n) is 16.2. The van der Waals surface area contributed by atoms with E-state index in [1.807, 2.05) is 16.8 Å². The van der Waals surface area contributed by atoms with Crippen molar-refractivity contribution in [3.63, 3.8) is 0 Å². The third kappa shape index (κ3) is 4.70. The van der Waals surface area contributed by atoms with Gasteiger partial charge in [0, 0.05) is 63.5 Å². The van der Waals surface area contributed by atoms with Crippen molar-refractivity contribution in [1.82, 2.24) is 15.1 Å². The summed E-state index contributed by atoms with van der Waals surface area (Å²) < 4.78 is 11.2. The summed E-state index contributed by atoms with van der Waals surface area (Å²) in [6, 6.07) is 3.60. The molecule has 232 valence electrons. The third-order valence-corrected chi connectivity index (χ3v) is 12.7. The predicted octanol–water partition coefficient (Wildman–Crippen LogP) is 4.14. The van der Waals surface area contributed by atoms with Crippen LogP contribution in [-0.2, 0) is 9.53 Å². The minimum absolute atomic E-state index is 0.0987. The number of fused-ring (bicyclic) bond motifs is 5. The average molecular weight is 584 g/mol. The van der Waals surface area contributed by atoms with E-state index in [1.165, 1.54) is 19.3 Å². The Balaban J connectivity index is 1.23. The van der Waals surface area contributed by atoms with Crippen LogP contribution in [0.5, 0.6) is 0 Å². The van der Waals surface area contributed by atoms with Crippen LogP contribution in [0.25, 0.3) is 0 Å². The number of nitrogens with one attached hydrogen (secondary N) is 1. The van der Waals surface area contributed by atoms with Crippen LogP contribution in [-0.4, -0.2) is 77.9 Å². The van der Waals surface area contributed by atoms with E-state index in [2.05, 4.69) is 19.2 Å². The minimum Gasteiger partial charge on any atom is -0.462 e. The molecule has 9 atom stereocenters. The Morgan fingerprint density at radius 3 is 2.64 bits per heavy atom. The van der Waals surface area contributed by atoms with Crippen molar-refractivity contribution in [2.45, 2.75) is 102 Å². The summed E-state index contributed by atoms with van der Waals surface area (Å²) in [4.78, 5) is 41.4. The fraction of sp³-hybridized carbons (Fsp3) is 0.788. The molecular weight excluding hydrogens is 534 g/mol. The van der Waals surface area contributed by atoms with Gasteiger partial charge < -0.3 is 29.4 Å². The summed E-state index contributed by atoms with van der Waals surface area (Å²) in [7, 11) is 1.99. The van der Waals surface area contributed by atoms with E-state index in [0.29, 0.717) is 18.3 Å². The van der Waals surface area contributed by atoms with Crippen LogP contribution in [0.2, 0.25) is 0 Å². The fourth-order valence-electron chi connectivity index (χ4n) is 10.4. The second-order valence-electron chi connectivity index (χ2n) is 14.5. The number of hydrogen-bond acceptors (Lipinski definition) is 7. The number of carbonyl (C=O) groups excluding carboxylic acids is 2. The van der Waals surface area contributed by atoms with Gasteiger partial charge in [0.15, 0.2) is 0 Å². The van der Waals surface area contributed by atoms with Gasteiger partial charge in [-0.05, 0) is 92.7 Å². The Bertz CT molecular complexity index is 1220. The molecule has 4 aliphatic carbocycles. The van der Waals surface area contributed by atoms with Gasteiger partial charge in [-0.1, -0.05) is 13.8 Å². The molecular formula is C33H49N3O6. The van der Waals surface area contributed by atoms with E-state index in [-0.39, 0.29) is 35.3 Å². The standard InChI is InChI=1S/C33H49N3O6/c1-21(37)42-27-19-33(40)26-8-7-23-18-24(35(4)30(39)36-16-5-14-34-15-17-36)10-12-31(23,2)25(26)11-13-32(33,3)29(27)22-6-9-28(38)41-20-22/h6,9,20,23-27,29,34,40H,5,7-8,10-19H2,1-4H3. The monoisotopic (exact) mass is 583 g/mol. The van der Waals surface area contributed by atoms with Crippen molar-refractivity contribution in [1.29, 1.82) is 0 Å². The highest BCUT2D eigenvalue weighted by molar-refractivity contribution is 5.74. The largest absolute Gasteiger partial charge is 0.462 e. The van der Waals surface area contributed by atoms with Crippen LogP contribution >= 0.6 is 0 Å². The second kappa shape index (κ2) is 11.0. The number of urea groups is 1. The van der Waals surface area contributed by atoms with Crippen LogP contribution in [0.1, 0.15) is 90.0 Å². The number of carbonyl (C=O) groups is 2. The first-order chi connectivity index (χ1) is 20.0. The zero-order chi connectivity index (χ0) is 29.9. The Hall–Kier alpha value is -2.39. The van der Waals surface area contributed by atoms with Crippen LogP contribution < -0.4 is 10.9 Å². The van der Waals surface area contributed by atoms with Gasteiger partial charge >= 0.3 is 17.6 Å². The molecule has 9 unspecified atom stereocenters. The lowest BCUT2D eigenvalue weighted by molar-refractivity contribution is -0.203. The molecule has 2 heterocycles. The van der Waals surface area contributed by atoms with Crippen molar-refractivity contribution < 1.29 is 23.8 Å². The molecule has 9 heteroatoms. The Morgan fingerprint density at radius 1 is 1.10 bits per heavy atom. The van der Waals surface area contributed by atoms with E-state index in [0.717, 1.165) is 83.1 Å². The molecule has 0 bridgehead atoms. The molecule has 2 amide bonds. The highest BCUT2D eigenvalue weighted by atomic mass is 16.5. The highest BCUT2D eigenvalue weighted by Gasteiger charge is 2.70. The van der Waals surface area contributed by atoms with Crippen molar-refractivity contribution in [3.8, 4) is 0 Å². The molecule has 6 rings (SSSR count).